The van der Waals surface area contributed by atoms with Crippen molar-refractivity contribution < 1.29 is 8.42 Å². The van der Waals surface area contributed by atoms with Crippen LogP contribution in [0.1, 0.15) is 12.0 Å². The molecule has 1 atom stereocenters. The Labute approximate surface area is 144 Å². The molecule has 5 nitrogen and oxygen atoms in total. The zero-order chi connectivity index (χ0) is 16.7. The van der Waals surface area contributed by atoms with E-state index in [-0.39, 0.29) is 17.5 Å². The number of thiophene rings is 1. The topological polar surface area (TPSA) is 72.0 Å². The number of hydrogen-bond donors (Lipinski definition) is 1. The molecule has 3 heterocycles. The van der Waals surface area contributed by atoms with E-state index in [1.54, 1.807) is 11.3 Å². The first-order valence-corrected chi connectivity index (χ1v) is 10.5. The molecular formula is C17H17N3O2S2. The summed E-state index contributed by atoms with van der Waals surface area (Å²) >= 11 is 1.58. The van der Waals surface area contributed by atoms with Crippen molar-refractivity contribution in [2.24, 2.45) is 0 Å². The molecule has 0 amide bonds. The van der Waals surface area contributed by atoms with E-state index in [2.05, 4.69) is 51.9 Å². The summed E-state index contributed by atoms with van der Waals surface area (Å²) in [4.78, 5) is 9.65. The molecule has 24 heavy (non-hydrogen) atoms. The summed E-state index contributed by atoms with van der Waals surface area (Å²) in [5.74, 6) is 1.13. The molecule has 0 radical (unpaired) electrons. The molecule has 1 aliphatic heterocycles. The SMILES string of the molecule is Cc1ccc(-c2csc3ncnc(NC4CCS(=O)(=O)C4)c23)cc1. The molecule has 4 rings (SSSR count). The van der Waals surface area contributed by atoms with E-state index in [0.29, 0.717) is 6.42 Å². The summed E-state index contributed by atoms with van der Waals surface area (Å²) in [6.45, 7) is 2.06. The van der Waals surface area contributed by atoms with Gasteiger partial charge in [0.15, 0.2) is 9.84 Å². The van der Waals surface area contributed by atoms with Crippen molar-refractivity contribution in [3.63, 3.8) is 0 Å². The van der Waals surface area contributed by atoms with Crippen molar-refractivity contribution in [3.8, 4) is 11.1 Å². The molecule has 1 N–H and O–H groups in total. The Morgan fingerprint density at radius 3 is 2.71 bits per heavy atom. The second-order valence-electron chi connectivity index (χ2n) is 6.16. The van der Waals surface area contributed by atoms with Crippen LogP contribution in [0.15, 0.2) is 36.0 Å². The van der Waals surface area contributed by atoms with Gasteiger partial charge >= 0.3 is 0 Å². The molecule has 0 aliphatic carbocycles. The van der Waals surface area contributed by atoms with Gasteiger partial charge < -0.3 is 5.32 Å². The number of rotatable bonds is 3. The number of fused-ring (bicyclic) bond motifs is 1. The Morgan fingerprint density at radius 2 is 2.00 bits per heavy atom. The highest BCUT2D eigenvalue weighted by molar-refractivity contribution is 7.91. The van der Waals surface area contributed by atoms with Crippen LogP contribution in [0.5, 0.6) is 0 Å². The third-order valence-electron chi connectivity index (χ3n) is 4.31. The zero-order valence-electron chi connectivity index (χ0n) is 13.2. The molecule has 7 heteroatoms. The van der Waals surface area contributed by atoms with Crippen LogP contribution in [0.4, 0.5) is 5.82 Å². The summed E-state index contributed by atoms with van der Waals surface area (Å²) in [7, 11) is -2.93. The fraction of sp³-hybridized carbons (Fsp3) is 0.294. The molecule has 0 bridgehead atoms. The summed E-state index contributed by atoms with van der Waals surface area (Å²) < 4.78 is 23.4. The maximum atomic E-state index is 11.7. The fourth-order valence-corrected chi connectivity index (χ4v) is 5.62. The maximum Gasteiger partial charge on any atom is 0.152 e. The average Bonchev–Trinajstić information content (AvgIpc) is 3.12. The Bertz CT molecular complexity index is 994. The van der Waals surface area contributed by atoms with Crippen LogP contribution < -0.4 is 5.32 Å². The van der Waals surface area contributed by atoms with Crippen molar-refractivity contribution in [1.82, 2.24) is 9.97 Å². The van der Waals surface area contributed by atoms with Crippen LogP contribution in [-0.2, 0) is 9.84 Å². The normalized spacial score (nSPS) is 19.6. The quantitative estimate of drug-likeness (QED) is 0.777. The van der Waals surface area contributed by atoms with Crippen molar-refractivity contribution in [2.45, 2.75) is 19.4 Å². The van der Waals surface area contributed by atoms with Gasteiger partial charge in [-0.25, -0.2) is 18.4 Å². The first-order chi connectivity index (χ1) is 11.5. The number of benzene rings is 1. The van der Waals surface area contributed by atoms with Crippen LogP contribution in [0, 0.1) is 6.92 Å². The number of hydrogen-bond acceptors (Lipinski definition) is 6. The van der Waals surface area contributed by atoms with E-state index >= 15 is 0 Å². The molecule has 1 unspecified atom stereocenters. The van der Waals surface area contributed by atoms with E-state index in [4.69, 9.17) is 0 Å². The van der Waals surface area contributed by atoms with Crippen molar-refractivity contribution in [2.75, 3.05) is 16.8 Å². The van der Waals surface area contributed by atoms with E-state index in [1.807, 2.05) is 0 Å². The predicted molar refractivity (Wildman–Crippen MR) is 98.3 cm³/mol. The van der Waals surface area contributed by atoms with Crippen molar-refractivity contribution >= 4 is 37.2 Å². The number of nitrogens with zero attached hydrogens (tertiary/aromatic N) is 2. The number of nitrogens with one attached hydrogen (secondary N) is 1. The third-order valence-corrected chi connectivity index (χ3v) is 6.96. The van der Waals surface area contributed by atoms with Crippen molar-refractivity contribution in [1.29, 1.82) is 0 Å². The highest BCUT2D eigenvalue weighted by Crippen LogP contribution is 2.37. The molecule has 1 saturated heterocycles. The molecule has 0 saturated carbocycles. The minimum atomic E-state index is -2.93. The third kappa shape index (κ3) is 2.89. The summed E-state index contributed by atoms with van der Waals surface area (Å²) in [6, 6.07) is 8.26. The monoisotopic (exact) mass is 359 g/mol. The van der Waals surface area contributed by atoms with Gasteiger partial charge in [0.1, 0.15) is 17.0 Å². The van der Waals surface area contributed by atoms with Gasteiger partial charge in [-0.15, -0.1) is 11.3 Å². The van der Waals surface area contributed by atoms with Crippen LogP contribution in [0.3, 0.4) is 0 Å². The summed E-state index contributed by atoms with van der Waals surface area (Å²) in [6.07, 6.45) is 2.15. The largest absolute Gasteiger partial charge is 0.366 e. The van der Waals surface area contributed by atoms with Gasteiger partial charge in [-0.1, -0.05) is 29.8 Å². The van der Waals surface area contributed by atoms with Crippen LogP contribution in [-0.4, -0.2) is 35.9 Å². The Hall–Kier alpha value is -1.99. The summed E-state index contributed by atoms with van der Waals surface area (Å²) in [5, 5.41) is 6.38. The van der Waals surface area contributed by atoms with Crippen LogP contribution >= 0.6 is 11.3 Å². The lowest BCUT2D eigenvalue weighted by atomic mass is 10.0. The molecule has 3 aromatic rings. The minimum absolute atomic E-state index is 0.0844. The standard InChI is InChI=1S/C17H17N3O2S2/c1-11-2-4-12(5-3-11)14-8-23-17-15(14)16(18-10-19-17)20-13-6-7-24(21,22)9-13/h2-5,8,10,13H,6-7,9H2,1H3,(H,18,19,20). The van der Waals surface area contributed by atoms with Gasteiger partial charge in [0.25, 0.3) is 0 Å². The molecule has 2 aromatic heterocycles. The zero-order valence-corrected chi connectivity index (χ0v) is 14.8. The van der Waals surface area contributed by atoms with Gasteiger partial charge in [0.05, 0.1) is 16.9 Å². The second kappa shape index (κ2) is 5.82. The van der Waals surface area contributed by atoms with Crippen LogP contribution in [0.2, 0.25) is 0 Å². The van der Waals surface area contributed by atoms with E-state index in [1.165, 1.54) is 11.9 Å². The average molecular weight is 359 g/mol. The summed E-state index contributed by atoms with van der Waals surface area (Å²) in [5.41, 5.74) is 3.41. The fourth-order valence-electron chi connectivity index (χ4n) is 3.03. The molecular weight excluding hydrogens is 342 g/mol. The first kappa shape index (κ1) is 15.5. The molecule has 1 fully saturated rings. The van der Waals surface area contributed by atoms with Crippen LogP contribution in [0.25, 0.3) is 21.3 Å². The molecule has 1 aliphatic rings. The Morgan fingerprint density at radius 1 is 1.21 bits per heavy atom. The van der Waals surface area contributed by atoms with Gasteiger partial charge in [-0.3, -0.25) is 0 Å². The number of anilines is 1. The lowest BCUT2D eigenvalue weighted by Crippen LogP contribution is -2.21. The minimum Gasteiger partial charge on any atom is -0.366 e. The highest BCUT2D eigenvalue weighted by Gasteiger charge is 2.28. The van der Waals surface area contributed by atoms with Gasteiger partial charge in [-0.2, -0.15) is 0 Å². The highest BCUT2D eigenvalue weighted by atomic mass is 32.2. The molecule has 1 aromatic carbocycles. The van der Waals surface area contributed by atoms with E-state index in [0.717, 1.165) is 27.2 Å². The van der Waals surface area contributed by atoms with Gasteiger partial charge in [0.2, 0.25) is 0 Å². The predicted octanol–water partition coefficient (Wildman–Crippen LogP) is 3.27. The number of sulfone groups is 1. The van der Waals surface area contributed by atoms with E-state index in [9.17, 15) is 8.42 Å². The first-order valence-electron chi connectivity index (χ1n) is 7.78. The lowest BCUT2D eigenvalue weighted by Gasteiger charge is -2.13. The number of aromatic nitrogens is 2. The molecule has 0 spiro atoms. The maximum absolute atomic E-state index is 11.7. The van der Waals surface area contributed by atoms with Crippen molar-refractivity contribution in [3.05, 3.63) is 41.5 Å². The second-order valence-corrected chi connectivity index (χ2v) is 9.25. The Balaban J connectivity index is 1.76. The molecule has 124 valence electrons. The van der Waals surface area contributed by atoms with E-state index < -0.39 is 9.84 Å². The lowest BCUT2D eigenvalue weighted by molar-refractivity contribution is 0.602. The number of aryl methyl sites for hydroxylation is 1. The van der Waals surface area contributed by atoms with Gasteiger partial charge in [-0.05, 0) is 18.9 Å². The Kier molecular flexibility index (Phi) is 3.77. The smallest absolute Gasteiger partial charge is 0.152 e. The van der Waals surface area contributed by atoms with Gasteiger partial charge in [0, 0.05) is 17.0 Å².